The Morgan fingerprint density at radius 3 is 2.63 bits per heavy atom. The Labute approximate surface area is 157 Å². The van der Waals surface area contributed by atoms with Crippen LogP contribution in [0.1, 0.15) is 28.9 Å². The molecule has 4 nitrogen and oxygen atoms in total. The number of ketones is 1. The third-order valence-corrected chi connectivity index (χ3v) is 5.03. The average molecular weight is 364 g/mol. The number of carbonyl (C=O) groups excluding carboxylic acids is 1. The van der Waals surface area contributed by atoms with E-state index < -0.39 is 0 Å². The number of piperidine rings is 1. The molecule has 5 heteroatoms. The molecule has 0 amide bonds. The third-order valence-electron chi connectivity index (χ3n) is 5.03. The molecule has 2 aromatic carbocycles. The third kappa shape index (κ3) is 4.14. The van der Waals surface area contributed by atoms with Crippen LogP contribution in [-0.4, -0.2) is 28.8 Å². The van der Waals surface area contributed by atoms with Gasteiger partial charge in [0.05, 0.1) is 5.69 Å². The van der Waals surface area contributed by atoms with Gasteiger partial charge in [0.1, 0.15) is 12.1 Å². The molecular weight excluding hydrogens is 343 g/mol. The van der Waals surface area contributed by atoms with Crippen LogP contribution >= 0.6 is 0 Å². The van der Waals surface area contributed by atoms with Crippen LogP contribution in [0.25, 0.3) is 11.5 Å². The molecule has 0 unspecified atom stereocenters. The lowest BCUT2D eigenvalue weighted by atomic mass is 9.89. The van der Waals surface area contributed by atoms with Gasteiger partial charge >= 0.3 is 0 Å². The van der Waals surface area contributed by atoms with Crippen molar-refractivity contribution in [3.8, 4) is 11.5 Å². The molecule has 1 aliphatic heterocycles. The van der Waals surface area contributed by atoms with Crippen molar-refractivity contribution in [2.45, 2.75) is 19.4 Å². The van der Waals surface area contributed by atoms with Gasteiger partial charge in [0.25, 0.3) is 0 Å². The van der Waals surface area contributed by atoms with Gasteiger partial charge in [-0.25, -0.2) is 9.37 Å². The quantitative estimate of drug-likeness (QED) is 0.622. The second-order valence-electron chi connectivity index (χ2n) is 6.94. The van der Waals surface area contributed by atoms with E-state index in [-0.39, 0.29) is 17.5 Å². The standard InChI is InChI=1S/C22H21FN2O2/c23-19-8-4-7-18(13-19)22-24-20(15-27-22)14-25-11-9-17(10-12-25)21(26)16-5-2-1-3-6-16/h1-8,13,15,17H,9-12,14H2. The molecule has 2 heterocycles. The van der Waals surface area contributed by atoms with Crippen molar-refractivity contribution in [1.29, 1.82) is 0 Å². The number of hydrogen-bond acceptors (Lipinski definition) is 4. The summed E-state index contributed by atoms with van der Waals surface area (Å²) in [5.41, 5.74) is 2.25. The lowest BCUT2D eigenvalue weighted by molar-refractivity contribution is 0.0834. The van der Waals surface area contributed by atoms with Gasteiger partial charge in [-0.05, 0) is 44.1 Å². The molecule has 0 aliphatic carbocycles. The van der Waals surface area contributed by atoms with Crippen LogP contribution in [0.15, 0.2) is 65.3 Å². The highest BCUT2D eigenvalue weighted by molar-refractivity contribution is 5.97. The molecule has 27 heavy (non-hydrogen) atoms. The zero-order chi connectivity index (χ0) is 18.6. The number of nitrogens with zero attached hydrogens (tertiary/aromatic N) is 2. The van der Waals surface area contributed by atoms with E-state index in [1.165, 1.54) is 12.1 Å². The van der Waals surface area contributed by atoms with Crippen LogP contribution in [0.4, 0.5) is 4.39 Å². The van der Waals surface area contributed by atoms with Gasteiger partial charge in [-0.15, -0.1) is 0 Å². The minimum atomic E-state index is -0.308. The first-order valence-electron chi connectivity index (χ1n) is 9.21. The SMILES string of the molecule is O=C(c1ccccc1)C1CCN(Cc2coc(-c3cccc(F)c3)n2)CC1. The maximum Gasteiger partial charge on any atom is 0.226 e. The molecule has 0 bridgehead atoms. The van der Waals surface area contributed by atoms with Crippen LogP contribution in [0.5, 0.6) is 0 Å². The number of aromatic nitrogens is 1. The Kier molecular flexibility index (Phi) is 5.12. The van der Waals surface area contributed by atoms with Gasteiger partial charge in [-0.3, -0.25) is 9.69 Å². The average Bonchev–Trinajstić information content (AvgIpc) is 3.17. The monoisotopic (exact) mass is 364 g/mol. The Morgan fingerprint density at radius 2 is 1.89 bits per heavy atom. The maximum atomic E-state index is 13.4. The normalized spacial score (nSPS) is 15.7. The molecule has 0 N–H and O–H groups in total. The smallest absolute Gasteiger partial charge is 0.226 e. The van der Waals surface area contributed by atoms with Crippen LogP contribution < -0.4 is 0 Å². The highest BCUT2D eigenvalue weighted by Crippen LogP contribution is 2.24. The molecule has 0 saturated carbocycles. The number of carbonyl (C=O) groups is 1. The molecule has 4 rings (SSSR count). The maximum absolute atomic E-state index is 13.4. The molecule has 1 aliphatic rings. The second-order valence-corrected chi connectivity index (χ2v) is 6.94. The van der Waals surface area contributed by atoms with Gasteiger partial charge in [0, 0.05) is 23.6 Å². The van der Waals surface area contributed by atoms with E-state index in [1.54, 1.807) is 18.4 Å². The van der Waals surface area contributed by atoms with Crippen molar-refractivity contribution < 1.29 is 13.6 Å². The van der Waals surface area contributed by atoms with Crippen LogP contribution in [0.3, 0.4) is 0 Å². The summed E-state index contributed by atoms with van der Waals surface area (Å²) in [6.45, 7) is 2.38. The van der Waals surface area contributed by atoms with Crippen molar-refractivity contribution >= 4 is 5.78 Å². The Bertz CT molecular complexity index is 915. The van der Waals surface area contributed by atoms with Crippen LogP contribution in [0, 0.1) is 11.7 Å². The molecular formula is C22H21FN2O2. The molecule has 0 radical (unpaired) electrons. The molecule has 1 fully saturated rings. The van der Waals surface area contributed by atoms with Crippen molar-refractivity contribution in [3.05, 3.63) is 77.9 Å². The first-order valence-corrected chi connectivity index (χ1v) is 9.21. The number of halogens is 1. The van der Waals surface area contributed by atoms with E-state index in [0.717, 1.165) is 37.2 Å². The number of likely N-dealkylation sites (tertiary alicyclic amines) is 1. The fraction of sp³-hybridized carbons (Fsp3) is 0.273. The van der Waals surface area contributed by atoms with Gasteiger partial charge in [0.2, 0.25) is 5.89 Å². The molecule has 1 aromatic heterocycles. The van der Waals surface area contributed by atoms with E-state index in [0.29, 0.717) is 18.0 Å². The largest absolute Gasteiger partial charge is 0.444 e. The molecule has 138 valence electrons. The van der Waals surface area contributed by atoms with Gasteiger partial charge < -0.3 is 4.42 Å². The van der Waals surface area contributed by atoms with Crippen molar-refractivity contribution in [1.82, 2.24) is 9.88 Å². The Morgan fingerprint density at radius 1 is 1.11 bits per heavy atom. The van der Waals surface area contributed by atoms with Crippen molar-refractivity contribution in [2.75, 3.05) is 13.1 Å². The molecule has 0 spiro atoms. The fourth-order valence-corrected chi connectivity index (χ4v) is 3.55. The highest BCUT2D eigenvalue weighted by atomic mass is 19.1. The fourth-order valence-electron chi connectivity index (χ4n) is 3.55. The summed E-state index contributed by atoms with van der Waals surface area (Å²) in [6, 6.07) is 15.7. The Hall–Kier alpha value is -2.79. The van der Waals surface area contributed by atoms with E-state index in [4.69, 9.17) is 4.42 Å². The van der Waals surface area contributed by atoms with E-state index in [9.17, 15) is 9.18 Å². The summed E-state index contributed by atoms with van der Waals surface area (Å²) in [7, 11) is 0. The lowest BCUT2D eigenvalue weighted by Gasteiger charge is -2.30. The number of hydrogen-bond donors (Lipinski definition) is 0. The van der Waals surface area contributed by atoms with Crippen LogP contribution in [-0.2, 0) is 6.54 Å². The first kappa shape index (κ1) is 17.6. The van der Waals surface area contributed by atoms with Gasteiger partial charge in [0.15, 0.2) is 5.78 Å². The predicted molar refractivity (Wildman–Crippen MR) is 101 cm³/mol. The minimum absolute atomic E-state index is 0.0869. The van der Waals surface area contributed by atoms with Gasteiger partial charge in [-0.1, -0.05) is 36.4 Å². The molecule has 0 atom stereocenters. The number of Topliss-reactive ketones (excluding diaryl/α,β-unsaturated/α-hetero) is 1. The van der Waals surface area contributed by atoms with E-state index in [1.807, 2.05) is 30.3 Å². The zero-order valence-electron chi connectivity index (χ0n) is 15.0. The summed E-state index contributed by atoms with van der Waals surface area (Å²) in [5, 5.41) is 0. The highest BCUT2D eigenvalue weighted by Gasteiger charge is 2.26. The summed E-state index contributed by atoms with van der Waals surface area (Å²) >= 11 is 0. The summed E-state index contributed by atoms with van der Waals surface area (Å²) in [6.07, 6.45) is 3.33. The number of rotatable bonds is 5. The summed E-state index contributed by atoms with van der Waals surface area (Å²) in [5.74, 6) is 0.449. The number of oxazole rings is 1. The zero-order valence-corrected chi connectivity index (χ0v) is 15.0. The summed E-state index contributed by atoms with van der Waals surface area (Å²) < 4.78 is 18.9. The molecule has 3 aromatic rings. The van der Waals surface area contributed by atoms with E-state index in [2.05, 4.69) is 9.88 Å². The molecule has 1 saturated heterocycles. The van der Waals surface area contributed by atoms with E-state index >= 15 is 0 Å². The first-order chi connectivity index (χ1) is 13.2. The lowest BCUT2D eigenvalue weighted by Crippen LogP contribution is -2.36. The Balaban J connectivity index is 1.34. The van der Waals surface area contributed by atoms with Crippen molar-refractivity contribution in [2.24, 2.45) is 5.92 Å². The van der Waals surface area contributed by atoms with Gasteiger partial charge in [-0.2, -0.15) is 0 Å². The topological polar surface area (TPSA) is 46.3 Å². The van der Waals surface area contributed by atoms with Crippen molar-refractivity contribution in [3.63, 3.8) is 0 Å². The predicted octanol–water partition coefficient (Wildman–Crippen LogP) is 4.58. The summed E-state index contributed by atoms with van der Waals surface area (Å²) in [4.78, 5) is 19.3. The minimum Gasteiger partial charge on any atom is -0.444 e. The number of benzene rings is 2. The van der Waals surface area contributed by atoms with Crippen LogP contribution in [0.2, 0.25) is 0 Å². The second kappa shape index (κ2) is 7.84.